The van der Waals surface area contributed by atoms with Crippen molar-refractivity contribution in [3.8, 4) is 0 Å². The fraction of sp³-hybridized carbons (Fsp3) is 0.538. The van der Waals surface area contributed by atoms with Crippen LogP contribution in [0.3, 0.4) is 0 Å². The van der Waals surface area contributed by atoms with Crippen molar-refractivity contribution < 1.29 is 14.7 Å². The highest BCUT2D eigenvalue weighted by Crippen LogP contribution is 2.22. The second-order valence-electron chi connectivity index (χ2n) is 4.72. The van der Waals surface area contributed by atoms with Crippen LogP contribution in [0, 0.1) is 0 Å². The number of hydrogen-bond acceptors (Lipinski definition) is 3. The van der Waals surface area contributed by atoms with Gasteiger partial charge in [0.25, 0.3) is 0 Å². The summed E-state index contributed by atoms with van der Waals surface area (Å²) in [6.07, 6.45) is 1.81. The Morgan fingerprint density at radius 3 is 2.65 bits per heavy atom. The van der Waals surface area contributed by atoms with E-state index in [2.05, 4.69) is 26.6 Å². The summed E-state index contributed by atoms with van der Waals surface area (Å²) in [5, 5.41) is 14.4. The lowest BCUT2D eigenvalue weighted by Crippen LogP contribution is -2.55. The molecule has 0 saturated carbocycles. The molecule has 7 heteroatoms. The van der Waals surface area contributed by atoms with Gasteiger partial charge in [-0.1, -0.05) is 13.3 Å². The van der Waals surface area contributed by atoms with Gasteiger partial charge in [-0.15, -0.1) is 11.3 Å². The average Bonchev–Trinajstić information content (AvgIpc) is 2.75. The lowest BCUT2D eigenvalue weighted by molar-refractivity contribution is -0.144. The fourth-order valence-electron chi connectivity index (χ4n) is 1.80. The lowest BCUT2D eigenvalue weighted by Gasteiger charge is -2.25. The van der Waals surface area contributed by atoms with E-state index in [0.29, 0.717) is 19.4 Å². The highest BCUT2D eigenvalue weighted by molar-refractivity contribution is 9.11. The van der Waals surface area contributed by atoms with Crippen LogP contribution in [-0.2, 0) is 11.2 Å². The van der Waals surface area contributed by atoms with Gasteiger partial charge in [0, 0.05) is 11.4 Å². The van der Waals surface area contributed by atoms with Gasteiger partial charge >= 0.3 is 12.0 Å². The van der Waals surface area contributed by atoms with Crippen LogP contribution in [0.15, 0.2) is 15.9 Å². The number of carbonyl (C=O) groups is 2. The molecule has 0 saturated heterocycles. The number of halogens is 1. The molecule has 5 nitrogen and oxygen atoms in total. The molecule has 0 aliphatic heterocycles. The first-order valence-electron chi connectivity index (χ1n) is 6.41. The second-order valence-corrected chi connectivity index (χ2v) is 7.27. The van der Waals surface area contributed by atoms with Gasteiger partial charge in [-0.2, -0.15) is 0 Å². The predicted octanol–water partition coefficient (Wildman–Crippen LogP) is 3.00. The molecule has 1 atom stereocenters. The minimum absolute atomic E-state index is 0.396. The molecular formula is C13H19BrN2O3S. The van der Waals surface area contributed by atoms with E-state index in [4.69, 9.17) is 0 Å². The van der Waals surface area contributed by atoms with E-state index in [1.807, 2.05) is 19.1 Å². The number of thiophene rings is 1. The molecule has 1 heterocycles. The Morgan fingerprint density at radius 1 is 1.45 bits per heavy atom. The fourth-order valence-corrected chi connectivity index (χ4v) is 3.29. The van der Waals surface area contributed by atoms with E-state index in [1.165, 1.54) is 6.92 Å². The number of aliphatic carboxylic acids is 1. The number of carboxylic acids is 1. The van der Waals surface area contributed by atoms with E-state index >= 15 is 0 Å². The van der Waals surface area contributed by atoms with Gasteiger partial charge in [-0.05, 0) is 47.8 Å². The highest BCUT2D eigenvalue weighted by atomic mass is 79.9. The van der Waals surface area contributed by atoms with E-state index in [0.717, 1.165) is 15.1 Å². The quantitative estimate of drug-likeness (QED) is 0.697. The Bertz CT molecular complexity index is 478. The SMILES string of the molecule is CCCC(C)(NC(=O)NCCc1ccc(Br)s1)C(=O)O. The molecule has 3 N–H and O–H groups in total. The number of urea groups is 1. The van der Waals surface area contributed by atoms with Crippen molar-refractivity contribution in [2.45, 2.75) is 38.6 Å². The van der Waals surface area contributed by atoms with Gasteiger partial charge in [0.15, 0.2) is 0 Å². The van der Waals surface area contributed by atoms with Crippen LogP contribution in [0.4, 0.5) is 4.79 Å². The zero-order chi connectivity index (χ0) is 15.2. The van der Waals surface area contributed by atoms with Crippen LogP contribution in [0.2, 0.25) is 0 Å². The van der Waals surface area contributed by atoms with Gasteiger partial charge in [0.2, 0.25) is 0 Å². The Labute approximate surface area is 130 Å². The van der Waals surface area contributed by atoms with E-state index in [9.17, 15) is 14.7 Å². The summed E-state index contributed by atoms with van der Waals surface area (Å²) in [7, 11) is 0. The molecule has 0 aliphatic carbocycles. The molecule has 1 aromatic heterocycles. The Hall–Kier alpha value is -1.08. The number of amides is 2. The van der Waals surface area contributed by atoms with Crippen LogP contribution in [0.25, 0.3) is 0 Å². The van der Waals surface area contributed by atoms with Gasteiger partial charge in [-0.25, -0.2) is 9.59 Å². The zero-order valence-electron chi connectivity index (χ0n) is 11.5. The molecule has 0 fully saturated rings. The third-order valence-corrected chi connectivity index (χ3v) is 4.58. The van der Waals surface area contributed by atoms with Crippen LogP contribution in [-0.4, -0.2) is 29.2 Å². The van der Waals surface area contributed by atoms with Crippen molar-refractivity contribution in [2.24, 2.45) is 0 Å². The maximum absolute atomic E-state index is 11.7. The third kappa shape index (κ3) is 5.13. The van der Waals surface area contributed by atoms with Gasteiger partial charge in [0.05, 0.1) is 3.79 Å². The van der Waals surface area contributed by atoms with Crippen LogP contribution in [0.1, 0.15) is 31.6 Å². The van der Waals surface area contributed by atoms with Crippen LogP contribution in [0.5, 0.6) is 0 Å². The minimum atomic E-state index is -1.22. The Morgan fingerprint density at radius 2 is 2.15 bits per heavy atom. The number of carbonyl (C=O) groups excluding carboxylic acids is 1. The predicted molar refractivity (Wildman–Crippen MR) is 83.2 cm³/mol. The highest BCUT2D eigenvalue weighted by Gasteiger charge is 2.33. The van der Waals surface area contributed by atoms with E-state index < -0.39 is 17.5 Å². The van der Waals surface area contributed by atoms with Crippen LogP contribution < -0.4 is 10.6 Å². The molecule has 0 aromatic carbocycles. The van der Waals surface area contributed by atoms with Crippen molar-refractivity contribution >= 4 is 39.3 Å². The van der Waals surface area contributed by atoms with E-state index in [-0.39, 0.29) is 0 Å². The normalized spacial score (nSPS) is 13.6. The monoisotopic (exact) mass is 362 g/mol. The topological polar surface area (TPSA) is 78.4 Å². The summed E-state index contributed by atoms with van der Waals surface area (Å²) in [4.78, 5) is 24.1. The maximum Gasteiger partial charge on any atom is 0.329 e. The summed E-state index contributed by atoms with van der Waals surface area (Å²) in [6, 6.07) is 3.51. The zero-order valence-corrected chi connectivity index (χ0v) is 13.9. The van der Waals surface area contributed by atoms with Crippen molar-refractivity contribution in [2.75, 3.05) is 6.54 Å². The molecule has 1 aromatic rings. The summed E-state index contributed by atoms with van der Waals surface area (Å²) in [6.45, 7) is 3.88. The molecule has 0 radical (unpaired) electrons. The molecule has 2 amide bonds. The largest absolute Gasteiger partial charge is 0.480 e. The number of rotatable bonds is 7. The number of carboxylic acid groups (broad SMARTS) is 1. The van der Waals surface area contributed by atoms with Crippen LogP contribution >= 0.6 is 27.3 Å². The molecule has 0 spiro atoms. The number of nitrogens with one attached hydrogen (secondary N) is 2. The summed E-state index contributed by atoms with van der Waals surface area (Å²) in [5.74, 6) is -1.02. The van der Waals surface area contributed by atoms with Gasteiger partial charge in [0.1, 0.15) is 5.54 Å². The van der Waals surface area contributed by atoms with Gasteiger partial charge < -0.3 is 15.7 Å². The first-order chi connectivity index (χ1) is 9.37. The number of hydrogen-bond donors (Lipinski definition) is 3. The standard InChI is InChI=1S/C13H19BrN2O3S/c1-3-7-13(2,11(17)18)16-12(19)15-8-6-9-4-5-10(14)20-9/h4-5H,3,6-8H2,1-2H3,(H,17,18)(H2,15,16,19). The van der Waals surface area contributed by atoms with Crippen molar-refractivity contribution in [3.05, 3.63) is 20.8 Å². The minimum Gasteiger partial charge on any atom is -0.480 e. The van der Waals surface area contributed by atoms with Crippen molar-refractivity contribution in [1.82, 2.24) is 10.6 Å². The molecule has 112 valence electrons. The maximum atomic E-state index is 11.7. The molecular weight excluding hydrogens is 344 g/mol. The lowest BCUT2D eigenvalue weighted by atomic mass is 9.97. The van der Waals surface area contributed by atoms with E-state index in [1.54, 1.807) is 11.3 Å². The molecule has 1 rings (SSSR count). The molecule has 0 bridgehead atoms. The summed E-state index contributed by atoms with van der Waals surface area (Å²) >= 11 is 5.00. The van der Waals surface area contributed by atoms with Gasteiger partial charge in [-0.3, -0.25) is 0 Å². The van der Waals surface area contributed by atoms with Crippen molar-refractivity contribution in [3.63, 3.8) is 0 Å². The summed E-state index contributed by atoms with van der Waals surface area (Å²) in [5.41, 5.74) is -1.22. The van der Waals surface area contributed by atoms with Crippen molar-refractivity contribution in [1.29, 1.82) is 0 Å². The first kappa shape index (κ1) is 17.0. The molecule has 20 heavy (non-hydrogen) atoms. The summed E-state index contributed by atoms with van der Waals surface area (Å²) < 4.78 is 1.05. The average molecular weight is 363 g/mol. The Kier molecular flexibility index (Phi) is 6.48. The Balaban J connectivity index is 2.40. The smallest absolute Gasteiger partial charge is 0.329 e. The third-order valence-electron chi connectivity index (χ3n) is 2.90. The molecule has 1 unspecified atom stereocenters. The second kappa shape index (κ2) is 7.64. The molecule has 0 aliphatic rings. The first-order valence-corrected chi connectivity index (χ1v) is 8.02.